The Labute approximate surface area is 162 Å². The van der Waals surface area contributed by atoms with Crippen LogP contribution in [0, 0.1) is 0 Å². The summed E-state index contributed by atoms with van der Waals surface area (Å²) < 4.78 is 7.98. The second-order valence-electron chi connectivity index (χ2n) is 5.97. The van der Waals surface area contributed by atoms with Crippen LogP contribution in [0.1, 0.15) is 45.4 Å². The summed E-state index contributed by atoms with van der Waals surface area (Å²) in [6, 6.07) is 0. The zero-order valence-electron chi connectivity index (χ0n) is 14.7. The molecule has 24 heavy (non-hydrogen) atoms. The predicted octanol–water partition coefficient (Wildman–Crippen LogP) is 2.80. The molecule has 6 nitrogen and oxygen atoms in total. The van der Waals surface area contributed by atoms with E-state index in [2.05, 4.69) is 32.1 Å². The van der Waals surface area contributed by atoms with E-state index in [1.165, 1.54) is 32.1 Å². The number of hydrogen-bond donors (Lipinski definition) is 2. The third-order valence-electron chi connectivity index (χ3n) is 4.04. The molecule has 0 aromatic carbocycles. The standard InChI is InChI=1S/C17H31N5O.HI/c1-2-19-17(21-11-13-22-12-10-18-15-22)20-9-6-14-23-16-7-4-3-5-8-16;/h10,12,15-16H,2-9,11,13-14H2,1H3,(H2,19,20,21);1H. The average molecular weight is 449 g/mol. The number of halogens is 1. The average Bonchev–Trinajstić information content (AvgIpc) is 3.09. The van der Waals surface area contributed by atoms with Crippen molar-refractivity contribution in [2.75, 3.05) is 26.2 Å². The van der Waals surface area contributed by atoms with Gasteiger partial charge in [-0.3, -0.25) is 4.99 Å². The van der Waals surface area contributed by atoms with Gasteiger partial charge in [-0.2, -0.15) is 0 Å². The number of aromatic nitrogens is 2. The molecule has 1 aliphatic rings. The molecule has 0 saturated heterocycles. The Kier molecular flexibility index (Phi) is 11.9. The second-order valence-corrected chi connectivity index (χ2v) is 5.97. The molecule has 0 unspecified atom stereocenters. The van der Waals surface area contributed by atoms with Gasteiger partial charge in [-0.05, 0) is 26.2 Å². The highest BCUT2D eigenvalue weighted by atomic mass is 127. The lowest BCUT2D eigenvalue weighted by Crippen LogP contribution is -2.39. The molecule has 2 N–H and O–H groups in total. The maximum Gasteiger partial charge on any atom is 0.191 e. The molecule has 1 aliphatic carbocycles. The molecule has 0 aliphatic heterocycles. The van der Waals surface area contributed by atoms with Crippen LogP contribution < -0.4 is 10.6 Å². The van der Waals surface area contributed by atoms with Gasteiger partial charge in [-0.25, -0.2) is 4.98 Å². The van der Waals surface area contributed by atoms with Crippen LogP contribution in [0.25, 0.3) is 0 Å². The van der Waals surface area contributed by atoms with E-state index in [0.29, 0.717) is 6.10 Å². The fourth-order valence-corrected chi connectivity index (χ4v) is 2.80. The van der Waals surface area contributed by atoms with E-state index in [1.807, 2.05) is 12.5 Å². The van der Waals surface area contributed by atoms with E-state index in [-0.39, 0.29) is 24.0 Å². The van der Waals surface area contributed by atoms with Crippen molar-refractivity contribution < 1.29 is 4.74 Å². The van der Waals surface area contributed by atoms with Crippen LogP contribution >= 0.6 is 24.0 Å². The monoisotopic (exact) mass is 449 g/mol. The summed E-state index contributed by atoms with van der Waals surface area (Å²) in [7, 11) is 0. The summed E-state index contributed by atoms with van der Waals surface area (Å²) in [5, 5.41) is 6.62. The van der Waals surface area contributed by atoms with Crippen LogP contribution in [0.3, 0.4) is 0 Å². The van der Waals surface area contributed by atoms with Crippen LogP contribution in [-0.2, 0) is 11.3 Å². The van der Waals surface area contributed by atoms with Gasteiger partial charge in [0, 0.05) is 45.2 Å². The van der Waals surface area contributed by atoms with E-state index in [1.54, 1.807) is 6.20 Å². The number of nitrogens with zero attached hydrogens (tertiary/aromatic N) is 3. The largest absolute Gasteiger partial charge is 0.378 e. The summed E-state index contributed by atoms with van der Waals surface area (Å²) in [4.78, 5) is 8.64. The summed E-state index contributed by atoms with van der Waals surface area (Å²) in [6.07, 6.45) is 13.6. The number of ether oxygens (including phenoxy) is 1. The van der Waals surface area contributed by atoms with Gasteiger partial charge in [0.25, 0.3) is 0 Å². The molecule has 138 valence electrons. The van der Waals surface area contributed by atoms with E-state index in [4.69, 9.17) is 4.74 Å². The number of rotatable bonds is 9. The van der Waals surface area contributed by atoms with Crippen LogP contribution in [0.4, 0.5) is 0 Å². The van der Waals surface area contributed by atoms with Gasteiger partial charge in [0.1, 0.15) is 0 Å². The first-order valence-corrected chi connectivity index (χ1v) is 8.98. The SMILES string of the molecule is CCNC(=NCCCOC1CCCCC1)NCCn1ccnc1.I. The zero-order chi connectivity index (χ0) is 16.2. The van der Waals surface area contributed by atoms with Gasteiger partial charge < -0.3 is 19.9 Å². The molecule has 1 saturated carbocycles. The van der Waals surface area contributed by atoms with E-state index >= 15 is 0 Å². The highest BCUT2D eigenvalue weighted by Crippen LogP contribution is 2.20. The highest BCUT2D eigenvalue weighted by Gasteiger charge is 2.12. The van der Waals surface area contributed by atoms with Gasteiger partial charge in [0.15, 0.2) is 5.96 Å². The minimum absolute atomic E-state index is 0. The molecular formula is C17H32IN5O. The number of nitrogens with one attached hydrogen (secondary N) is 2. The molecule has 0 spiro atoms. The van der Waals surface area contributed by atoms with E-state index in [0.717, 1.165) is 45.2 Å². The van der Waals surface area contributed by atoms with Crippen LogP contribution in [-0.4, -0.2) is 47.9 Å². The quantitative estimate of drug-likeness (QED) is 0.264. The van der Waals surface area contributed by atoms with Crippen LogP contribution in [0.15, 0.2) is 23.7 Å². The number of imidazole rings is 1. The molecular weight excluding hydrogens is 417 g/mol. The summed E-state index contributed by atoms with van der Waals surface area (Å²) >= 11 is 0. The topological polar surface area (TPSA) is 63.5 Å². The lowest BCUT2D eigenvalue weighted by molar-refractivity contribution is 0.0281. The molecule has 0 amide bonds. The van der Waals surface area contributed by atoms with Crippen LogP contribution in [0.5, 0.6) is 0 Å². The Morgan fingerprint density at radius 1 is 1.29 bits per heavy atom. The first-order valence-electron chi connectivity index (χ1n) is 8.98. The van der Waals surface area contributed by atoms with Gasteiger partial charge in [0.2, 0.25) is 0 Å². The van der Waals surface area contributed by atoms with Crippen molar-refractivity contribution in [3.63, 3.8) is 0 Å². The first kappa shape index (κ1) is 21.2. The summed E-state index contributed by atoms with van der Waals surface area (Å²) in [5.41, 5.74) is 0. The Morgan fingerprint density at radius 3 is 2.83 bits per heavy atom. The summed E-state index contributed by atoms with van der Waals surface area (Å²) in [6.45, 7) is 6.29. The van der Waals surface area contributed by atoms with Crippen molar-refractivity contribution in [1.82, 2.24) is 20.2 Å². The Morgan fingerprint density at radius 2 is 2.12 bits per heavy atom. The molecule has 0 radical (unpaired) electrons. The lowest BCUT2D eigenvalue weighted by Gasteiger charge is -2.21. The van der Waals surface area contributed by atoms with E-state index < -0.39 is 0 Å². The maximum atomic E-state index is 5.93. The minimum atomic E-state index is 0. The van der Waals surface area contributed by atoms with Crippen molar-refractivity contribution in [3.8, 4) is 0 Å². The first-order chi connectivity index (χ1) is 11.4. The smallest absolute Gasteiger partial charge is 0.191 e. The second kappa shape index (κ2) is 13.5. The zero-order valence-corrected chi connectivity index (χ0v) is 17.1. The molecule has 7 heteroatoms. The maximum absolute atomic E-state index is 5.93. The Balaban J connectivity index is 0.00000288. The van der Waals surface area contributed by atoms with Gasteiger partial charge in [-0.1, -0.05) is 19.3 Å². The highest BCUT2D eigenvalue weighted by molar-refractivity contribution is 14.0. The molecule has 0 atom stereocenters. The van der Waals surface area contributed by atoms with Gasteiger partial charge in [0.05, 0.1) is 12.4 Å². The van der Waals surface area contributed by atoms with Crippen molar-refractivity contribution in [2.45, 2.75) is 58.1 Å². The van der Waals surface area contributed by atoms with Crippen molar-refractivity contribution in [1.29, 1.82) is 0 Å². The fourth-order valence-electron chi connectivity index (χ4n) is 2.80. The third-order valence-corrected chi connectivity index (χ3v) is 4.04. The van der Waals surface area contributed by atoms with Gasteiger partial charge in [-0.15, -0.1) is 24.0 Å². The Bertz CT molecular complexity index is 432. The summed E-state index contributed by atoms with van der Waals surface area (Å²) in [5.74, 6) is 0.880. The van der Waals surface area contributed by atoms with Crippen LogP contribution in [0.2, 0.25) is 0 Å². The third kappa shape index (κ3) is 8.86. The molecule has 1 aromatic rings. The van der Waals surface area contributed by atoms with Crippen molar-refractivity contribution in [3.05, 3.63) is 18.7 Å². The predicted molar refractivity (Wildman–Crippen MR) is 109 cm³/mol. The minimum Gasteiger partial charge on any atom is -0.378 e. The number of aliphatic imine (C=N–C) groups is 1. The molecule has 1 heterocycles. The molecule has 1 aromatic heterocycles. The van der Waals surface area contributed by atoms with Gasteiger partial charge >= 0.3 is 0 Å². The van der Waals surface area contributed by atoms with E-state index in [9.17, 15) is 0 Å². The lowest BCUT2D eigenvalue weighted by atomic mass is 9.98. The molecule has 0 bridgehead atoms. The number of hydrogen-bond acceptors (Lipinski definition) is 3. The molecule has 2 rings (SSSR count). The normalized spacial score (nSPS) is 15.8. The Hall–Kier alpha value is -0.830. The number of guanidine groups is 1. The fraction of sp³-hybridized carbons (Fsp3) is 0.765. The molecule has 1 fully saturated rings. The van der Waals surface area contributed by atoms with Crippen molar-refractivity contribution in [2.24, 2.45) is 4.99 Å². The van der Waals surface area contributed by atoms with Crippen molar-refractivity contribution >= 4 is 29.9 Å².